The van der Waals surface area contributed by atoms with Crippen LogP contribution in [-0.2, 0) is 19.3 Å². The van der Waals surface area contributed by atoms with Crippen LogP contribution in [0.5, 0.6) is 0 Å². The summed E-state index contributed by atoms with van der Waals surface area (Å²) < 4.78 is 0. The van der Waals surface area contributed by atoms with E-state index in [4.69, 9.17) is 0 Å². The van der Waals surface area contributed by atoms with E-state index in [0.717, 1.165) is 30.7 Å². The molecule has 0 saturated carbocycles. The smallest absolute Gasteiger partial charge is 0.273 e. The Morgan fingerprint density at radius 2 is 2.15 bits per heavy atom. The van der Waals surface area contributed by atoms with Crippen LogP contribution in [0.3, 0.4) is 0 Å². The fourth-order valence-electron chi connectivity index (χ4n) is 2.58. The molecule has 0 N–H and O–H groups in total. The fraction of sp³-hybridized carbons (Fsp3) is 0.429. The van der Waals surface area contributed by atoms with Crippen molar-refractivity contribution in [3.05, 3.63) is 39.9 Å². The van der Waals surface area contributed by atoms with Crippen molar-refractivity contribution in [2.24, 2.45) is 0 Å². The van der Waals surface area contributed by atoms with Gasteiger partial charge in [-0.05, 0) is 18.4 Å². The van der Waals surface area contributed by atoms with Crippen molar-refractivity contribution in [3.63, 3.8) is 0 Å². The molecule has 1 aliphatic heterocycles. The van der Waals surface area contributed by atoms with Gasteiger partial charge in [-0.1, -0.05) is 6.92 Å². The van der Waals surface area contributed by atoms with Crippen molar-refractivity contribution in [1.82, 2.24) is 19.9 Å². The van der Waals surface area contributed by atoms with E-state index in [9.17, 15) is 4.79 Å². The maximum absolute atomic E-state index is 12.4. The summed E-state index contributed by atoms with van der Waals surface area (Å²) in [6, 6.07) is 0. The number of carbonyl (C=O) groups is 1. The number of thiazole rings is 1. The minimum atomic E-state index is 0.0186. The second-order valence-corrected chi connectivity index (χ2v) is 5.48. The molecule has 0 atom stereocenters. The Bertz CT molecular complexity index is 612. The van der Waals surface area contributed by atoms with Gasteiger partial charge in [-0.25, -0.2) is 15.0 Å². The number of amides is 1. The number of rotatable bonds is 2. The number of fused-ring (bicyclic) bond motifs is 1. The highest BCUT2D eigenvalue weighted by molar-refractivity contribution is 7.07. The summed E-state index contributed by atoms with van der Waals surface area (Å²) in [5, 5.41) is 1.80. The van der Waals surface area contributed by atoms with Crippen LogP contribution in [-0.4, -0.2) is 38.8 Å². The van der Waals surface area contributed by atoms with Gasteiger partial charge in [0.05, 0.1) is 5.51 Å². The number of hydrogen-bond acceptors (Lipinski definition) is 5. The number of aryl methyl sites for hydroxylation is 1. The molecule has 0 aromatic carbocycles. The second-order valence-electron chi connectivity index (χ2n) is 4.77. The van der Waals surface area contributed by atoms with Gasteiger partial charge in [-0.3, -0.25) is 4.79 Å². The molecule has 0 aliphatic carbocycles. The van der Waals surface area contributed by atoms with Crippen LogP contribution in [0, 0.1) is 0 Å². The molecule has 5 nitrogen and oxygen atoms in total. The molecule has 0 saturated heterocycles. The van der Waals surface area contributed by atoms with Crippen LogP contribution in [0.4, 0.5) is 0 Å². The monoisotopic (exact) mass is 288 g/mol. The molecule has 0 bridgehead atoms. The molecule has 6 heteroatoms. The van der Waals surface area contributed by atoms with E-state index in [0.29, 0.717) is 18.8 Å². The van der Waals surface area contributed by atoms with E-state index in [1.165, 1.54) is 16.9 Å². The minimum Gasteiger partial charge on any atom is -0.337 e. The molecular weight excluding hydrogens is 272 g/mol. The summed E-state index contributed by atoms with van der Waals surface area (Å²) in [5.41, 5.74) is 5.66. The van der Waals surface area contributed by atoms with Crippen molar-refractivity contribution in [3.8, 4) is 0 Å². The van der Waals surface area contributed by atoms with Gasteiger partial charge >= 0.3 is 0 Å². The topological polar surface area (TPSA) is 59.0 Å². The molecule has 2 aromatic heterocycles. The molecule has 0 radical (unpaired) electrons. The molecular formula is C14H16N4OS. The van der Waals surface area contributed by atoms with Gasteiger partial charge in [0.25, 0.3) is 5.91 Å². The first-order chi connectivity index (χ1) is 9.79. The lowest BCUT2D eigenvalue weighted by molar-refractivity contribution is 0.0758. The van der Waals surface area contributed by atoms with E-state index < -0.39 is 0 Å². The highest BCUT2D eigenvalue weighted by Gasteiger charge is 2.22. The SMILES string of the molecule is CCc1ncnc2c1CCN(C(=O)c1cscn1)CC2. The summed E-state index contributed by atoms with van der Waals surface area (Å²) >= 11 is 1.45. The standard InChI is InChI=1S/C14H16N4OS/c1-2-11-10-3-5-18(6-4-12(10)16-8-15-11)14(19)13-7-20-9-17-13/h7-9H,2-6H2,1H3. The quantitative estimate of drug-likeness (QED) is 0.844. The molecule has 3 heterocycles. The second kappa shape index (κ2) is 5.66. The zero-order valence-corrected chi connectivity index (χ0v) is 12.2. The van der Waals surface area contributed by atoms with Crippen molar-refractivity contribution in [2.75, 3.05) is 13.1 Å². The maximum Gasteiger partial charge on any atom is 0.273 e. The zero-order chi connectivity index (χ0) is 13.9. The largest absolute Gasteiger partial charge is 0.337 e. The van der Waals surface area contributed by atoms with E-state index >= 15 is 0 Å². The first kappa shape index (κ1) is 13.2. The normalized spacial score (nSPS) is 14.8. The Kier molecular flexibility index (Phi) is 3.73. The van der Waals surface area contributed by atoms with Crippen LogP contribution in [0.25, 0.3) is 0 Å². The Morgan fingerprint density at radius 3 is 2.90 bits per heavy atom. The van der Waals surface area contributed by atoms with Gasteiger partial charge in [0, 0.05) is 36.3 Å². The average Bonchev–Trinajstić information content (AvgIpc) is 2.92. The van der Waals surface area contributed by atoms with Gasteiger partial charge in [0.2, 0.25) is 0 Å². The van der Waals surface area contributed by atoms with Crippen LogP contribution >= 0.6 is 11.3 Å². The summed E-state index contributed by atoms with van der Waals surface area (Å²) in [6.45, 7) is 3.51. The number of carbonyl (C=O) groups excluding carboxylic acids is 1. The average molecular weight is 288 g/mol. The molecule has 2 aromatic rings. The highest BCUT2D eigenvalue weighted by Crippen LogP contribution is 2.18. The van der Waals surface area contributed by atoms with Crippen molar-refractivity contribution in [2.45, 2.75) is 26.2 Å². The van der Waals surface area contributed by atoms with Gasteiger partial charge < -0.3 is 4.90 Å². The van der Waals surface area contributed by atoms with Crippen LogP contribution in [0.2, 0.25) is 0 Å². The maximum atomic E-state index is 12.4. The molecule has 3 rings (SSSR count). The third-order valence-electron chi connectivity index (χ3n) is 3.65. The number of nitrogens with zero attached hydrogens (tertiary/aromatic N) is 4. The molecule has 1 aliphatic rings. The lowest BCUT2D eigenvalue weighted by atomic mass is 10.1. The first-order valence-electron chi connectivity index (χ1n) is 6.78. The molecule has 0 spiro atoms. The number of hydrogen-bond donors (Lipinski definition) is 0. The minimum absolute atomic E-state index is 0.0186. The first-order valence-corrected chi connectivity index (χ1v) is 7.73. The van der Waals surface area contributed by atoms with Crippen molar-refractivity contribution >= 4 is 17.2 Å². The molecule has 104 valence electrons. The predicted octanol–water partition coefficient (Wildman–Crippen LogP) is 1.74. The van der Waals surface area contributed by atoms with Gasteiger partial charge in [-0.2, -0.15) is 0 Å². The Hall–Kier alpha value is -1.82. The third-order valence-corrected chi connectivity index (χ3v) is 4.23. The van der Waals surface area contributed by atoms with Crippen LogP contribution in [0.1, 0.15) is 34.4 Å². The predicted molar refractivity (Wildman–Crippen MR) is 76.8 cm³/mol. The summed E-state index contributed by atoms with van der Waals surface area (Å²) in [7, 11) is 0. The summed E-state index contributed by atoms with van der Waals surface area (Å²) in [4.78, 5) is 27.1. The van der Waals surface area contributed by atoms with E-state index in [-0.39, 0.29) is 5.91 Å². The third kappa shape index (κ3) is 2.43. The number of aromatic nitrogens is 3. The Balaban J connectivity index is 1.81. The van der Waals surface area contributed by atoms with Gasteiger partial charge in [0.15, 0.2) is 0 Å². The van der Waals surface area contributed by atoms with Crippen LogP contribution in [0.15, 0.2) is 17.2 Å². The lowest BCUT2D eigenvalue weighted by Crippen LogP contribution is -2.33. The fourth-order valence-corrected chi connectivity index (χ4v) is 3.11. The van der Waals surface area contributed by atoms with E-state index in [1.807, 2.05) is 4.90 Å². The van der Waals surface area contributed by atoms with Crippen molar-refractivity contribution in [1.29, 1.82) is 0 Å². The van der Waals surface area contributed by atoms with E-state index in [2.05, 4.69) is 21.9 Å². The molecule has 20 heavy (non-hydrogen) atoms. The Labute approximate surface area is 121 Å². The van der Waals surface area contributed by atoms with E-state index in [1.54, 1.807) is 17.2 Å². The summed E-state index contributed by atoms with van der Waals surface area (Å²) in [6.07, 6.45) is 4.16. The molecule has 0 fully saturated rings. The summed E-state index contributed by atoms with van der Waals surface area (Å²) in [5.74, 6) is 0.0186. The van der Waals surface area contributed by atoms with Gasteiger partial charge in [0.1, 0.15) is 12.0 Å². The van der Waals surface area contributed by atoms with Crippen molar-refractivity contribution < 1.29 is 4.79 Å². The van der Waals surface area contributed by atoms with Gasteiger partial charge in [-0.15, -0.1) is 11.3 Å². The molecule has 1 amide bonds. The molecule has 0 unspecified atom stereocenters. The lowest BCUT2D eigenvalue weighted by Gasteiger charge is -2.18. The van der Waals surface area contributed by atoms with Crippen LogP contribution < -0.4 is 0 Å². The highest BCUT2D eigenvalue weighted by atomic mass is 32.1. The zero-order valence-electron chi connectivity index (χ0n) is 11.4. The Morgan fingerprint density at radius 1 is 1.30 bits per heavy atom.